The molecule has 35 heavy (non-hydrogen) atoms. The molecule has 0 aliphatic carbocycles. The molecule has 2 aromatic carbocycles. The van der Waals surface area contributed by atoms with Crippen molar-refractivity contribution in [2.24, 2.45) is 5.73 Å². The number of amidine groups is 1. The molecule has 4 rings (SSSR count). The van der Waals surface area contributed by atoms with Gasteiger partial charge in [-0.25, -0.2) is 9.97 Å². The SMILES string of the molecule is CCc1nc2c(N)nc3ccccc3c2n1CCCCCC(=O)c1ccc(CCCC(=N)N)cc1. The molecule has 0 unspecified atom stereocenters. The monoisotopic (exact) mass is 470 g/mol. The lowest BCUT2D eigenvalue weighted by atomic mass is 10.0. The Balaban J connectivity index is 1.33. The molecule has 7 nitrogen and oxygen atoms in total. The molecular weight excluding hydrogens is 436 g/mol. The maximum atomic E-state index is 12.6. The van der Waals surface area contributed by atoms with E-state index in [2.05, 4.69) is 22.5 Å². The number of benzene rings is 2. The molecule has 0 atom stereocenters. The number of para-hydroxylation sites is 1. The number of imidazole rings is 1. The number of nitrogen functional groups attached to an aromatic ring is 1. The molecule has 182 valence electrons. The van der Waals surface area contributed by atoms with Gasteiger partial charge in [0.15, 0.2) is 11.6 Å². The first-order chi connectivity index (χ1) is 17.0. The van der Waals surface area contributed by atoms with Gasteiger partial charge in [-0.1, -0.05) is 55.8 Å². The van der Waals surface area contributed by atoms with Crippen LogP contribution < -0.4 is 11.5 Å². The van der Waals surface area contributed by atoms with Gasteiger partial charge in [-0.05, 0) is 37.3 Å². The van der Waals surface area contributed by atoms with E-state index in [1.54, 1.807) is 0 Å². The second kappa shape index (κ2) is 11.1. The second-order valence-electron chi connectivity index (χ2n) is 9.05. The molecule has 0 bridgehead atoms. The first-order valence-corrected chi connectivity index (χ1v) is 12.5. The van der Waals surface area contributed by atoms with E-state index in [4.69, 9.17) is 21.9 Å². The summed E-state index contributed by atoms with van der Waals surface area (Å²) in [5, 5.41) is 8.38. The maximum absolute atomic E-state index is 12.6. The maximum Gasteiger partial charge on any atom is 0.162 e. The number of fused-ring (bicyclic) bond motifs is 3. The van der Waals surface area contributed by atoms with E-state index >= 15 is 0 Å². The van der Waals surface area contributed by atoms with Gasteiger partial charge >= 0.3 is 0 Å². The molecule has 0 amide bonds. The fraction of sp³-hybridized carbons (Fsp3) is 0.357. The highest BCUT2D eigenvalue weighted by molar-refractivity contribution is 6.06. The topological polar surface area (TPSA) is 124 Å². The molecule has 0 radical (unpaired) electrons. The van der Waals surface area contributed by atoms with Crippen LogP contribution in [0.25, 0.3) is 21.9 Å². The Labute approximate surface area is 206 Å². The molecule has 0 fully saturated rings. The van der Waals surface area contributed by atoms with Crippen molar-refractivity contribution in [2.75, 3.05) is 5.73 Å². The largest absolute Gasteiger partial charge is 0.388 e. The first-order valence-electron chi connectivity index (χ1n) is 12.5. The number of nitrogens with one attached hydrogen (secondary N) is 1. The quantitative estimate of drug-likeness (QED) is 0.110. The normalized spacial score (nSPS) is 11.3. The molecule has 5 N–H and O–H groups in total. The number of Topliss-reactive ketones (excluding diaryl/α,β-unsaturated/α-hetero) is 1. The van der Waals surface area contributed by atoms with E-state index in [1.165, 1.54) is 5.56 Å². The number of hydrogen-bond acceptors (Lipinski definition) is 5. The Bertz CT molecular complexity index is 1340. The van der Waals surface area contributed by atoms with Crippen LogP contribution in [0.5, 0.6) is 0 Å². The Morgan fingerprint density at radius 3 is 2.49 bits per heavy atom. The molecule has 0 saturated carbocycles. The van der Waals surface area contributed by atoms with Crippen molar-refractivity contribution in [1.29, 1.82) is 5.41 Å². The third-order valence-corrected chi connectivity index (χ3v) is 6.48. The molecule has 2 heterocycles. The highest BCUT2D eigenvalue weighted by atomic mass is 16.1. The van der Waals surface area contributed by atoms with E-state index in [0.29, 0.717) is 18.7 Å². The Morgan fingerprint density at radius 2 is 1.74 bits per heavy atom. The molecule has 0 saturated heterocycles. The standard InChI is InChI=1S/C28H34N6O/c1-2-25-33-26-27(21-10-5-6-11-22(21)32-28(26)31)34(25)18-7-3-4-12-23(35)20-16-14-19(15-17-20)9-8-13-24(29)30/h5-6,10-11,14-17H,2-4,7-9,12-13,18H2,1H3,(H3,29,30)(H2,31,32). The van der Waals surface area contributed by atoms with Crippen LogP contribution in [0.4, 0.5) is 5.82 Å². The van der Waals surface area contributed by atoms with Gasteiger partial charge < -0.3 is 16.0 Å². The molecule has 2 aromatic heterocycles. The smallest absolute Gasteiger partial charge is 0.162 e. The van der Waals surface area contributed by atoms with E-state index in [-0.39, 0.29) is 11.6 Å². The van der Waals surface area contributed by atoms with Crippen LogP contribution in [-0.4, -0.2) is 26.2 Å². The summed E-state index contributed by atoms with van der Waals surface area (Å²) in [6.07, 6.45) is 6.50. The van der Waals surface area contributed by atoms with Crippen LogP contribution in [-0.2, 0) is 19.4 Å². The third-order valence-electron chi connectivity index (χ3n) is 6.48. The van der Waals surface area contributed by atoms with Crippen LogP contribution in [0, 0.1) is 5.41 Å². The van der Waals surface area contributed by atoms with Crippen LogP contribution >= 0.6 is 0 Å². The predicted molar refractivity (Wildman–Crippen MR) is 143 cm³/mol. The van der Waals surface area contributed by atoms with Gasteiger partial charge in [0, 0.05) is 36.8 Å². The van der Waals surface area contributed by atoms with Crippen LogP contribution in [0.3, 0.4) is 0 Å². The van der Waals surface area contributed by atoms with E-state index in [0.717, 1.165) is 78.4 Å². The average molecular weight is 471 g/mol. The van der Waals surface area contributed by atoms with Crippen LogP contribution in [0.1, 0.15) is 67.2 Å². The summed E-state index contributed by atoms with van der Waals surface area (Å²) in [5.41, 5.74) is 16.3. The minimum absolute atomic E-state index is 0.187. The second-order valence-corrected chi connectivity index (χ2v) is 9.05. The lowest BCUT2D eigenvalue weighted by molar-refractivity contribution is 0.0979. The first kappa shape index (κ1) is 24.4. The summed E-state index contributed by atoms with van der Waals surface area (Å²) in [5.74, 6) is 1.90. The van der Waals surface area contributed by atoms with E-state index in [9.17, 15) is 4.79 Å². The van der Waals surface area contributed by atoms with Crippen molar-refractivity contribution in [2.45, 2.75) is 64.8 Å². The zero-order valence-electron chi connectivity index (χ0n) is 20.4. The van der Waals surface area contributed by atoms with Gasteiger partial charge in [-0.2, -0.15) is 0 Å². The summed E-state index contributed by atoms with van der Waals surface area (Å²) in [4.78, 5) is 21.9. The van der Waals surface area contributed by atoms with Crippen molar-refractivity contribution in [1.82, 2.24) is 14.5 Å². The molecule has 7 heteroatoms. The summed E-state index contributed by atoms with van der Waals surface area (Å²) < 4.78 is 2.28. The zero-order chi connectivity index (χ0) is 24.8. The number of aromatic nitrogens is 3. The van der Waals surface area contributed by atoms with Crippen molar-refractivity contribution in [3.8, 4) is 0 Å². The van der Waals surface area contributed by atoms with Gasteiger partial charge in [0.2, 0.25) is 0 Å². The number of ketones is 1. The lowest BCUT2D eigenvalue weighted by Gasteiger charge is -2.10. The average Bonchev–Trinajstić information content (AvgIpc) is 3.23. The molecule has 0 spiro atoms. The Kier molecular flexibility index (Phi) is 7.75. The fourth-order valence-electron chi connectivity index (χ4n) is 4.63. The minimum Gasteiger partial charge on any atom is -0.388 e. The van der Waals surface area contributed by atoms with E-state index < -0.39 is 0 Å². The summed E-state index contributed by atoms with van der Waals surface area (Å²) >= 11 is 0. The number of carbonyl (C=O) groups is 1. The molecule has 4 aromatic rings. The highest BCUT2D eigenvalue weighted by Crippen LogP contribution is 2.29. The number of unbranched alkanes of at least 4 members (excludes halogenated alkanes) is 2. The number of nitrogens with two attached hydrogens (primary N) is 2. The minimum atomic E-state index is 0.187. The van der Waals surface area contributed by atoms with Crippen molar-refractivity contribution in [3.63, 3.8) is 0 Å². The number of carbonyl (C=O) groups excluding carboxylic acids is 1. The predicted octanol–water partition coefficient (Wildman–Crippen LogP) is 5.43. The van der Waals surface area contributed by atoms with Crippen LogP contribution in [0.2, 0.25) is 0 Å². The molecular formula is C28H34N6O. The number of pyridine rings is 1. The number of aryl methyl sites for hydroxylation is 3. The van der Waals surface area contributed by atoms with Gasteiger partial charge in [0.05, 0.1) is 16.9 Å². The lowest BCUT2D eigenvalue weighted by Crippen LogP contribution is -2.09. The Hall–Kier alpha value is -3.74. The van der Waals surface area contributed by atoms with Gasteiger partial charge in [-0.3, -0.25) is 10.2 Å². The molecule has 0 aliphatic heterocycles. The van der Waals surface area contributed by atoms with Gasteiger partial charge in [0.1, 0.15) is 11.3 Å². The van der Waals surface area contributed by atoms with Crippen LogP contribution in [0.15, 0.2) is 48.5 Å². The Morgan fingerprint density at radius 1 is 0.971 bits per heavy atom. The summed E-state index contributed by atoms with van der Waals surface area (Å²) in [6, 6.07) is 15.9. The van der Waals surface area contributed by atoms with Crippen molar-refractivity contribution < 1.29 is 4.79 Å². The molecule has 0 aliphatic rings. The summed E-state index contributed by atoms with van der Waals surface area (Å²) in [6.45, 7) is 2.95. The number of rotatable bonds is 12. The summed E-state index contributed by atoms with van der Waals surface area (Å²) in [7, 11) is 0. The van der Waals surface area contributed by atoms with Crippen molar-refractivity contribution >= 4 is 39.4 Å². The third kappa shape index (κ3) is 5.67. The number of anilines is 1. The highest BCUT2D eigenvalue weighted by Gasteiger charge is 2.16. The number of nitrogens with zero attached hydrogens (tertiary/aromatic N) is 3. The number of hydrogen-bond donors (Lipinski definition) is 3. The van der Waals surface area contributed by atoms with Gasteiger partial charge in [0.25, 0.3) is 0 Å². The van der Waals surface area contributed by atoms with Gasteiger partial charge in [-0.15, -0.1) is 0 Å². The fourth-order valence-corrected chi connectivity index (χ4v) is 4.63. The zero-order valence-corrected chi connectivity index (χ0v) is 20.4. The van der Waals surface area contributed by atoms with Crippen molar-refractivity contribution in [3.05, 3.63) is 65.5 Å². The van der Waals surface area contributed by atoms with E-state index in [1.807, 2.05) is 42.5 Å².